The second-order valence-corrected chi connectivity index (χ2v) is 11.7. The predicted octanol–water partition coefficient (Wildman–Crippen LogP) is 3.60. The molecule has 4 saturated carbocycles. The number of nitrogens with zero attached hydrogens (tertiary/aromatic N) is 2. The van der Waals surface area contributed by atoms with Crippen molar-refractivity contribution in [3.8, 4) is 0 Å². The summed E-state index contributed by atoms with van der Waals surface area (Å²) in [5, 5.41) is 4.58. The minimum Gasteiger partial charge on any atom is -0.454 e. The van der Waals surface area contributed by atoms with Gasteiger partial charge in [-0.1, -0.05) is 29.8 Å². The molecule has 35 heavy (non-hydrogen) atoms. The van der Waals surface area contributed by atoms with E-state index in [4.69, 9.17) is 4.74 Å². The number of carbonyl (C=O) groups excluding carboxylic acids is 3. The highest BCUT2D eigenvalue weighted by Crippen LogP contribution is 2.61. The number of aryl methyl sites for hydroxylation is 1. The van der Waals surface area contributed by atoms with E-state index in [2.05, 4.69) is 10.3 Å². The minimum absolute atomic E-state index is 0.0874. The summed E-state index contributed by atoms with van der Waals surface area (Å²) in [5.41, 5.74) is 2.43. The first-order chi connectivity index (χ1) is 16.9. The van der Waals surface area contributed by atoms with E-state index in [1.54, 1.807) is 0 Å². The lowest BCUT2D eigenvalue weighted by atomic mass is 9.49. The molecule has 4 fully saturated rings. The average Bonchev–Trinajstić information content (AvgIpc) is 3.23. The first-order valence-electron chi connectivity index (χ1n) is 12.6. The Labute approximate surface area is 209 Å². The topological polar surface area (TPSA) is 89.8 Å². The van der Waals surface area contributed by atoms with Crippen LogP contribution >= 0.6 is 11.3 Å². The van der Waals surface area contributed by atoms with Crippen LogP contribution in [0, 0.1) is 30.1 Å². The molecule has 7 nitrogen and oxygen atoms in total. The Kier molecular flexibility index (Phi) is 6.91. The first kappa shape index (κ1) is 24.0. The maximum atomic E-state index is 12.6. The van der Waals surface area contributed by atoms with E-state index >= 15 is 0 Å². The quantitative estimate of drug-likeness (QED) is 0.567. The van der Waals surface area contributed by atoms with Crippen molar-refractivity contribution in [3.63, 3.8) is 0 Å². The fraction of sp³-hybridized carbons (Fsp3) is 0.556. The SMILES string of the molecule is Cc1ccc(Cn2ccsc2=NC(=O)COC(=O)CNC(=O)CC23CC4CC(CC(C4)C2)C3)cc1. The zero-order valence-corrected chi connectivity index (χ0v) is 21.0. The van der Waals surface area contributed by atoms with E-state index in [0.717, 1.165) is 42.6 Å². The highest BCUT2D eigenvalue weighted by atomic mass is 32.1. The lowest BCUT2D eigenvalue weighted by Gasteiger charge is -2.56. The summed E-state index contributed by atoms with van der Waals surface area (Å²) >= 11 is 1.35. The molecule has 1 aromatic carbocycles. The summed E-state index contributed by atoms with van der Waals surface area (Å²) in [6, 6.07) is 8.19. The summed E-state index contributed by atoms with van der Waals surface area (Å²) in [7, 11) is 0. The summed E-state index contributed by atoms with van der Waals surface area (Å²) in [6.07, 6.45) is 9.84. The van der Waals surface area contributed by atoms with Gasteiger partial charge in [-0.2, -0.15) is 4.99 Å². The Morgan fingerprint density at radius 1 is 1.09 bits per heavy atom. The smallest absolute Gasteiger partial charge is 0.325 e. The normalized spacial score (nSPS) is 27.1. The number of amides is 2. The van der Waals surface area contributed by atoms with E-state index < -0.39 is 18.5 Å². The number of esters is 1. The van der Waals surface area contributed by atoms with E-state index in [1.165, 1.54) is 36.2 Å². The summed E-state index contributed by atoms with van der Waals surface area (Å²) < 4.78 is 6.96. The fourth-order valence-corrected chi connectivity index (χ4v) is 7.55. The molecule has 0 saturated heterocycles. The van der Waals surface area contributed by atoms with Gasteiger partial charge >= 0.3 is 5.97 Å². The van der Waals surface area contributed by atoms with Crippen LogP contribution in [-0.4, -0.2) is 35.5 Å². The molecule has 1 heterocycles. The van der Waals surface area contributed by atoms with Gasteiger partial charge in [0.2, 0.25) is 5.91 Å². The van der Waals surface area contributed by atoms with Gasteiger partial charge < -0.3 is 14.6 Å². The molecule has 6 rings (SSSR count). The number of hydrogen-bond acceptors (Lipinski definition) is 5. The van der Waals surface area contributed by atoms with Gasteiger partial charge in [-0.15, -0.1) is 11.3 Å². The summed E-state index contributed by atoms with van der Waals surface area (Å²) in [5.74, 6) is 1.12. The van der Waals surface area contributed by atoms with Crippen LogP contribution in [0.5, 0.6) is 0 Å². The third kappa shape index (κ3) is 5.92. The van der Waals surface area contributed by atoms with Gasteiger partial charge in [-0.3, -0.25) is 14.4 Å². The van der Waals surface area contributed by atoms with Crippen LogP contribution in [0.25, 0.3) is 0 Å². The minimum atomic E-state index is -0.619. The molecule has 2 amide bonds. The fourth-order valence-electron chi connectivity index (χ4n) is 6.81. The van der Waals surface area contributed by atoms with Gasteiger partial charge in [0.25, 0.3) is 5.91 Å². The van der Waals surface area contributed by atoms with Crippen LogP contribution in [0.3, 0.4) is 0 Å². The largest absolute Gasteiger partial charge is 0.454 e. The molecule has 0 unspecified atom stereocenters. The van der Waals surface area contributed by atoms with Crippen molar-refractivity contribution in [2.45, 2.75) is 58.4 Å². The number of thiazole rings is 1. The molecule has 186 valence electrons. The maximum Gasteiger partial charge on any atom is 0.325 e. The van der Waals surface area contributed by atoms with Crippen molar-refractivity contribution in [1.29, 1.82) is 0 Å². The molecule has 4 bridgehead atoms. The molecule has 1 aromatic heterocycles. The molecular weight excluding hydrogens is 462 g/mol. The van der Waals surface area contributed by atoms with Gasteiger partial charge in [0.05, 0.1) is 0 Å². The average molecular weight is 496 g/mol. The molecule has 8 heteroatoms. The van der Waals surface area contributed by atoms with Crippen molar-refractivity contribution < 1.29 is 19.1 Å². The Hall–Kier alpha value is -2.74. The van der Waals surface area contributed by atoms with Crippen LogP contribution in [0.4, 0.5) is 0 Å². The molecule has 2 aromatic rings. The van der Waals surface area contributed by atoms with Gasteiger partial charge in [-0.05, 0) is 74.2 Å². The third-order valence-electron chi connectivity index (χ3n) is 7.84. The Balaban J connectivity index is 1.07. The second kappa shape index (κ2) is 10.1. The molecule has 1 N–H and O–H groups in total. The first-order valence-corrected chi connectivity index (χ1v) is 13.4. The molecule has 0 aliphatic heterocycles. The monoisotopic (exact) mass is 495 g/mol. The molecule has 4 aliphatic carbocycles. The number of carbonyl (C=O) groups is 3. The van der Waals surface area contributed by atoms with Gasteiger partial charge in [0.1, 0.15) is 6.54 Å². The highest BCUT2D eigenvalue weighted by Gasteiger charge is 2.51. The number of benzene rings is 1. The lowest BCUT2D eigenvalue weighted by molar-refractivity contribution is -0.148. The van der Waals surface area contributed by atoms with Crippen LogP contribution in [0.15, 0.2) is 40.8 Å². The van der Waals surface area contributed by atoms with E-state index in [-0.39, 0.29) is 17.9 Å². The van der Waals surface area contributed by atoms with Gasteiger partial charge in [0, 0.05) is 24.5 Å². The van der Waals surface area contributed by atoms with Gasteiger partial charge in [0.15, 0.2) is 11.4 Å². The highest BCUT2D eigenvalue weighted by molar-refractivity contribution is 7.07. The number of aromatic nitrogens is 1. The van der Waals surface area contributed by atoms with Crippen LogP contribution in [0.1, 0.15) is 56.1 Å². The molecule has 4 aliphatic rings. The van der Waals surface area contributed by atoms with Crippen LogP contribution in [0.2, 0.25) is 0 Å². The van der Waals surface area contributed by atoms with Crippen LogP contribution < -0.4 is 10.1 Å². The summed E-state index contributed by atoms with van der Waals surface area (Å²) in [6.45, 7) is 1.99. The third-order valence-corrected chi connectivity index (χ3v) is 8.64. The lowest BCUT2D eigenvalue weighted by Crippen LogP contribution is -2.48. The van der Waals surface area contributed by atoms with Crippen molar-refractivity contribution in [2.75, 3.05) is 13.2 Å². The van der Waals surface area contributed by atoms with Crippen molar-refractivity contribution in [2.24, 2.45) is 28.2 Å². The molecule has 0 radical (unpaired) electrons. The Morgan fingerprint density at radius 3 is 2.40 bits per heavy atom. The molecule has 0 spiro atoms. The maximum absolute atomic E-state index is 12.6. The number of ether oxygens (including phenoxy) is 1. The van der Waals surface area contributed by atoms with Crippen LogP contribution in [-0.2, 0) is 25.7 Å². The Bertz CT molecular complexity index is 1130. The van der Waals surface area contributed by atoms with E-state index in [0.29, 0.717) is 17.8 Å². The van der Waals surface area contributed by atoms with Crippen molar-refractivity contribution >= 4 is 29.1 Å². The summed E-state index contributed by atoms with van der Waals surface area (Å²) in [4.78, 5) is 41.6. The van der Waals surface area contributed by atoms with Crippen molar-refractivity contribution in [3.05, 3.63) is 51.8 Å². The number of hydrogen-bond donors (Lipinski definition) is 1. The number of rotatable bonds is 8. The second-order valence-electron chi connectivity index (χ2n) is 10.8. The predicted molar refractivity (Wildman–Crippen MR) is 132 cm³/mol. The number of nitrogens with one attached hydrogen (secondary N) is 1. The molecule has 0 atom stereocenters. The van der Waals surface area contributed by atoms with E-state index in [9.17, 15) is 14.4 Å². The van der Waals surface area contributed by atoms with E-state index in [1.807, 2.05) is 47.3 Å². The standard InChI is InChI=1S/C27H33N3O4S/c1-18-2-4-19(5-3-18)16-30-6-7-35-26(30)29-24(32)17-34-25(33)15-28-23(31)14-27-11-20-8-21(12-27)10-22(9-20)13-27/h2-7,20-22H,8-17H2,1H3,(H,28,31). The van der Waals surface area contributed by atoms with Gasteiger partial charge in [-0.25, -0.2) is 0 Å². The zero-order valence-electron chi connectivity index (χ0n) is 20.2. The molecular formula is C27H33N3O4S. The van der Waals surface area contributed by atoms with Crippen molar-refractivity contribution in [1.82, 2.24) is 9.88 Å². The zero-order chi connectivity index (χ0) is 24.4. The Morgan fingerprint density at radius 2 is 1.74 bits per heavy atom.